The largest absolute Gasteiger partial charge is 0.481 e. The number of aryl methyl sites for hydroxylation is 1. The van der Waals surface area contributed by atoms with E-state index in [4.69, 9.17) is 11.6 Å². The Kier molecular flexibility index (Phi) is 4.49. The van der Waals surface area contributed by atoms with E-state index in [1.807, 2.05) is 13.0 Å². The third-order valence-electron chi connectivity index (χ3n) is 3.77. The molecule has 1 saturated heterocycles. The zero-order valence-corrected chi connectivity index (χ0v) is 14.1. The summed E-state index contributed by atoms with van der Waals surface area (Å²) in [5.41, 5.74) is 0.597. The number of anilines is 1. The van der Waals surface area contributed by atoms with Crippen LogP contribution in [0.25, 0.3) is 0 Å². The van der Waals surface area contributed by atoms with E-state index in [2.05, 4.69) is 21.2 Å². The number of carbonyl (C=O) groups excluding carboxylic acids is 1. The Bertz CT molecular complexity index is 608. The van der Waals surface area contributed by atoms with Crippen molar-refractivity contribution in [3.05, 3.63) is 27.2 Å². The summed E-state index contributed by atoms with van der Waals surface area (Å²) in [6.45, 7) is 4.15. The molecule has 21 heavy (non-hydrogen) atoms. The molecule has 1 aliphatic heterocycles. The summed E-state index contributed by atoms with van der Waals surface area (Å²) in [6.07, 6.45) is 0.450. The van der Waals surface area contributed by atoms with Gasteiger partial charge in [-0.1, -0.05) is 11.6 Å². The van der Waals surface area contributed by atoms with Crippen molar-refractivity contribution in [1.82, 2.24) is 4.90 Å². The van der Waals surface area contributed by atoms with Crippen molar-refractivity contribution >= 4 is 45.2 Å². The zero-order valence-electron chi connectivity index (χ0n) is 11.7. The van der Waals surface area contributed by atoms with Crippen LogP contribution in [0.15, 0.2) is 16.6 Å². The highest BCUT2D eigenvalue weighted by Crippen LogP contribution is 2.32. The van der Waals surface area contributed by atoms with Gasteiger partial charge in [0, 0.05) is 22.6 Å². The van der Waals surface area contributed by atoms with Gasteiger partial charge in [-0.05, 0) is 53.9 Å². The summed E-state index contributed by atoms with van der Waals surface area (Å²) in [7, 11) is 0. The Morgan fingerprint density at radius 3 is 2.71 bits per heavy atom. The summed E-state index contributed by atoms with van der Waals surface area (Å²) in [5.74, 6) is -0.877. The number of nitrogens with one attached hydrogen (secondary N) is 1. The van der Waals surface area contributed by atoms with Crippen molar-refractivity contribution in [3.8, 4) is 0 Å². The molecule has 2 rings (SSSR count). The first kappa shape index (κ1) is 16.1. The van der Waals surface area contributed by atoms with Gasteiger partial charge in [0.15, 0.2) is 0 Å². The van der Waals surface area contributed by atoms with E-state index in [-0.39, 0.29) is 12.6 Å². The van der Waals surface area contributed by atoms with Gasteiger partial charge < -0.3 is 15.3 Å². The summed E-state index contributed by atoms with van der Waals surface area (Å²) < 4.78 is 0.734. The van der Waals surface area contributed by atoms with Crippen LogP contribution in [0.1, 0.15) is 18.9 Å². The van der Waals surface area contributed by atoms with Crippen LogP contribution in [0.3, 0.4) is 0 Å². The Hall–Kier alpha value is -1.27. The van der Waals surface area contributed by atoms with E-state index in [9.17, 15) is 14.7 Å². The number of carbonyl (C=O) groups is 2. The molecule has 0 bridgehead atoms. The van der Waals surface area contributed by atoms with E-state index < -0.39 is 11.4 Å². The van der Waals surface area contributed by atoms with E-state index in [1.165, 1.54) is 4.90 Å². The fraction of sp³-hybridized carbons (Fsp3) is 0.429. The zero-order chi connectivity index (χ0) is 15.8. The van der Waals surface area contributed by atoms with Gasteiger partial charge in [0.25, 0.3) is 0 Å². The molecule has 1 aliphatic rings. The van der Waals surface area contributed by atoms with E-state index >= 15 is 0 Å². The normalized spacial score (nSPS) is 21.4. The van der Waals surface area contributed by atoms with E-state index in [0.717, 1.165) is 10.0 Å². The number of benzene rings is 1. The molecular formula is C14H16BrClN2O3. The minimum Gasteiger partial charge on any atom is -0.481 e. The van der Waals surface area contributed by atoms with Crippen molar-refractivity contribution in [2.45, 2.75) is 20.3 Å². The number of carboxylic acids is 1. The molecule has 1 aromatic carbocycles. The third-order valence-corrected chi connectivity index (χ3v) is 4.83. The number of urea groups is 1. The number of hydrogen-bond acceptors (Lipinski definition) is 2. The standard InChI is InChI=1S/C14H16BrClN2O3/c1-8-5-9(15)11(6-10(8)16)17-13(21)18-4-3-14(2,7-18)12(19)20/h5-6H,3-4,7H2,1-2H3,(H,17,21)(H,19,20). The average Bonchev–Trinajstić information content (AvgIpc) is 2.80. The number of aliphatic carboxylic acids is 1. The lowest BCUT2D eigenvalue weighted by molar-refractivity contribution is -0.146. The first-order valence-corrected chi connectivity index (χ1v) is 7.65. The first-order valence-electron chi connectivity index (χ1n) is 6.48. The minimum atomic E-state index is -0.877. The average molecular weight is 376 g/mol. The fourth-order valence-corrected chi connectivity index (χ4v) is 2.97. The molecule has 0 aromatic heterocycles. The van der Waals surface area contributed by atoms with Gasteiger partial charge in [0.05, 0.1) is 11.1 Å². The number of rotatable bonds is 2. The van der Waals surface area contributed by atoms with E-state index in [1.54, 1.807) is 13.0 Å². The molecule has 7 heteroatoms. The Morgan fingerprint density at radius 1 is 1.48 bits per heavy atom. The number of likely N-dealkylation sites (tertiary alicyclic amines) is 1. The Morgan fingerprint density at radius 2 is 2.14 bits per heavy atom. The van der Waals surface area contributed by atoms with Crippen LogP contribution < -0.4 is 5.32 Å². The second kappa shape index (κ2) is 5.85. The summed E-state index contributed by atoms with van der Waals surface area (Å²) in [6, 6.07) is 3.18. The predicted octanol–water partition coefficient (Wildman–Crippen LogP) is 3.74. The van der Waals surface area contributed by atoms with Gasteiger partial charge in [0.2, 0.25) is 0 Å². The minimum absolute atomic E-state index is 0.200. The first-order chi connectivity index (χ1) is 9.73. The third kappa shape index (κ3) is 3.32. The lowest BCUT2D eigenvalue weighted by atomic mass is 9.90. The Labute approximate surface area is 136 Å². The quantitative estimate of drug-likeness (QED) is 0.827. The van der Waals surface area contributed by atoms with Crippen LogP contribution in [-0.2, 0) is 4.79 Å². The predicted molar refractivity (Wildman–Crippen MR) is 84.8 cm³/mol. The molecule has 114 valence electrons. The maximum absolute atomic E-state index is 12.2. The number of halogens is 2. The van der Waals surface area contributed by atoms with Crippen LogP contribution in [0.4, 0.5) is 10.5 Å². The maximum Gasteiger partial charge on any atom is 0.321 e. The van der Waals surface area contributed by atoms with Crippen molar-refractivity contribution in [1.29, 1.82) is 0 Å². The Balaban J connectivity index is 2.10. The number of carboxylic acid groups (broad SMARTS) is 1. The highest BCUT2D eigenvalue weighted by Gasteiger charge is 2.42. The number of amides is 2. The molecule has 0 spiro atoms. The molecule has 2 N–H and O–H groups in total. The molecule has 0 aliphatic carbocycles. The maximum atomic E-state index is 12.2. The van der Waals surface area contributed by atoms with E-state index in [0.29, 0.717) is 23.7 Å². The fourth-order valence-electron chi connectivity index (χ4n) is 2.25. The molecule has 0 saturated carbocycles. The lowest BCUT2D eigenvalue weighted by Gasteiger charge is -2.21. The molecule has 1 fully saturated rings. The highest BCUT2D eigenvalue weighted by atomic mass is 79.9. The van der Waals surface area contributed by atoms with Crippen LogP contribution >= 0.6 is 27.5 Å². The van der Waals surface area contributed by atoms with Gasteiger partial charge >= 0.3 is 12.0 Å². The smallest absolute Gasteiger partial charge is 0.321 e. The summed E-state index contributed by atoms with van der Waals surface area (Å²) in [5, 5.41) is 12.5. The van der Waals surface area contributed by atoms with Gasteiger partial charge in [-0.3, -0.25) is 4.79 Å². The second-order valence-corrected chi connectivity index (χ2v) is 6.81. The topological polar surface area (TPSA) is 69.6 Å². The SMILES string of the molecule is Cc1cc(Br)c(NC(=O)N2CCC(C)(C(=O)O)C2)cc1Cl. The summed E-state index contributed by atoms with van der Waals surface area (Å²) >= 11 is 9.43. The molecular weight excluding hydrogens is 360 g/mol. The van der Waals surface area contributed by atoms with Crippen molar-refractivity contribution in [3.63, 3.8) is 0 Å². The highest BCUT2D eigenvalue weighted by molar-refractivity contribution is 9.10. The van der Waals surface area contributed by atoms with Crippen LogP contribution in [0.5, 0.6) is 0 Å². The second-order valence-electron chi connectivity index (χ2n) is 5.55. The van der Waals surface area contributed by atoms with Crippen LogP contribution in [0.2, 0.25) is 5.02 Å². The van der Waals surface area contributed by atoms with Gasteiger partial charge in [-0.15, -0.1) is 0 Å². The molecule has 0 radical (unpaired) electrons. The molecule has 1 aromatic rings. The van der Waals surface area contributed by atoms with Crippen molar-refractivity contribution < 1.29 is 14.7 Å². The van der Waals surface area contributed by atoms with Crippen molar-refractivity contribution in [2.75, 3.05) is 18.4 Å². The number of nitrogens with zero attached hydrogens (tertiary/aromatic N) is 1. The van der Waals surface area contributed by atoms with Crippen molar-refractivity contribution in [2.24, 2.45) is 5.41 Å². The lowest BCUT2D eigenvalue weighted by Crippen LogP contribution is -2.37. The monoisotopic (exact) mass is 374 g/mol. The molecule has 2 amide bonds. The van der Waals surface area contributed by atoms with Crippen LogP contribution in [0, 0.1) is 12.3 Å². The summed E-state index contributed by atoms with van der Waals surface area (Å²) in [4.78, 5) is 24.9. The molecule has 1 heterocycles. The molecule has 1 unspecified atom stereocenters. The number of hydrogen-bond donors (Lipinski definition) is 2. The van der Waals surface area contributed by atoms with Gasteiger partial charge in [-0.25, -0.2) is 4.79 Å². The van der Waals surface area contributed by atoms with Gasteiger partial charge in [0.1, 0.15) is 0 Å². The molecule has 1 atom stereocenters. The van der Waals surface area contributed by atoms with Crippen LogP contribution in [-0.4, -0.2) is 35.1 Å². The van der Waals surface area contributed by atoms with Gasteiger partial charge in [-0.2, -0.15) is 0 Å². The molecule has 5 nitrogen and oxygen atoms in total.